The van der Waals surface area contributed by atoms with Crippen LogP contribution in [0.2, 0.25) is 0 Å². The Morgan fingerprint density at radius 2 is 1.88 bits per heavy atom. The van der Waals surface area contributed by atoms with Gasteiger partial charge in [0.25, 0.3) is 0 Å². The highest BCUT2D eigenvalue weighted by Crippen LogP contribution is 2.43. The first kappa shape index (κ1) is 25.5. The molecule has 0 spiro atoms. The molecular weight excluding hydrogens is 449 g/mol. The van der Waals surface area contributed by atoms with Gasteiger partial charge in [0.2, 0.25) is 0 Å². The second kappa shape index (κ2) is 10.9. The smallest absolute Gasteiger partial charge is 0.416 e. The third-order valence-electron chi connectivity index (χ3n) is 6.10. The van der Waals surface area contributed by atoms with Crippen LogP contribution < -0.4 is 4.74 Å². The van der Waals surface area contributed by atoms with Crippen molar-refractivity contribution in [3.63, 3.8) is 0 Å². The highest BCUT2D eigenvalue weighted by atomic mass is 32.2. The molecule has 0 saturated heterocycles. The van der Waals surface area contributed by atoms with Gasteiger partial charge in [-0.1, -0.05) is 38.8 Å². The molecule has 0 heterocycles. The highest BCUT2D eigenvalue weighted by molar-refractivity contribution is 7.98. The van der Waals surface area contributed by atoms with Gasteiger partial charge in [-0.3, -0.25) is 4.79 Å². The largest absolute Gasteiger partial charge is 0.491 e. The van der Waals surface area contributed by atoms with E-state index in [9.17, 15) is 23.1 Å². The van der Waals surface area contributed by atoms with Crippen molar-refractivity contribution < 1.29 is 27.8 Å². The lowest BCUT2D eigenvalue weighted by Crippen LogP contribution is -2.16. The Morgan fingerprint density at radius 1 is 1.21 bits per heavy atom. The fourth-order valence-corrected chi connectivity index (χ4v) is 4.66. The summed E-state index contributed by atoms with van der Waals surface area (Å²) in [5.74, 6) is -0.225. The number of carboxylic acids is 1. The molecule has 2 unspecified atom stereocenters. The summed E-state index contributed by atoms with van der Waals surface area (Å²) >= 11 is 1.46. The number of ether oxygens (including phenoxy) is 1. The number of alkyl halides is 3. The van der Waals surface area contributed by atoms with Gasteiger partial charge < -0.3 is 9.84 Å². The fourth-order valence-electron chi connectivity index (χ4n) is 4.06. The molecule has 2 atom stereocenters. The van der Waals surface area contributed by atoms with Crippen molar-refractivity contribution in [3.05, 3.63) is 47.5 Å². The number of benzene rings is 2. The first-order valence-corrected chi connectivity index (χ1v) is 12.6. The SMILES string of the molecule is CCCC(C)CC(C(=O)O)c1cc(SC)c(OCC2CC2)c(-c2ccc(C(F)(F)F)cc2)c1. The van der Waals surface area contributed by atoms with Crippen molar-refractivity contribution >= 4 is 17.7 Å². The number of halogens is 3. The molecule has 0 radical (unpaired) electrons. The van der Waals surface area contributed by atoms with Gasteiger partial charge in [0, 0.05) is 5.56 Å². The summed E-state index contributed by atoms with van der Waals surface area (Å²) in [6.45, 7) is 4.68. The van der Waals surface area contributed by atoms with Crippen LogP contribution in [0.4, 0.5) is 13.2 Å². The third kappa shape index (κ3) is 6.69. The van der Waals surface area contributed by atoms with Gasteiger partial charge in [-0.15, -0.1) is 11.8 Å². The molecule has 1 saturated carbocycles. The van der Waals surface area contributed by atoms with Gasteiger partial charge in [-0.05, 0) is 72.7 Å². The molecule has 2 aromatic rings. The van der Waals surface area contributed by atoms with Crippen LogP contribution in [0.15, 0.2) is 41.3 Å². The van der Waals surface area contributed by atoms with E-state index in [1.807, 2.05) is 12.3 Å². The summed E-state index contributed by atoms with van der Waals surface area (Å²) < 4.78 is 45.4. The second-order valence-corrected chi connectivity index (χ2v) is 9.80. The number of carboxylic acid groups (broad SMARTS) is 1. The van der Waals surface area contributed by atoms with Gasteiger partial charge in [0.05, 0.1) is 23.0 Å². The number of rotatable bonds is 11. The van der Waals surface area contributed by atoms with Gasteiger partial charge in [0.15, 0.2) is 0 Å². The lowest BCUT2D eigenvalue weighted by Gasteiger charge is -2.22. The summed E-state index contributed by atoms with van der Waals surface area (Å²) in [7, 11) is 0. The molecule has 33 heavy (non-hydrogen) atoms. The number of hydrogen-bond donors (Lipinski definition) is 1. The zero-order valence-electron chi connectivity index (χ0n) is 19.2. The quantitative estimate of drug-likeness (QED) is 0.332. The highest BCUT2D eigenvalue weighted by Gasteiger charge is 2.31. The minimum atomic E-state index is -4.42. The van der Waals surface area contributed by atoms with Crippen molar-refractivity contribution in [3.8, 4) is 16.9 Å². The molecule has 1 fully saturated rings. The third-order valence-corrected chi connectivity index (χ3v) is 6.84. The molecule has 0 aliphatic heterocycles. The van der Waals surface area contributed by atoms with Crippen LogP contribution in [-0.4, -0.2) is 23.9 Å². The molecule has 3 nitrogen and oxygen atoms in total. The van der Waals surface area contributed by atoms with Crippen LogP contribution in [0.1, 0.15) is 63.0 Å². The predicted molar refractivity (Wildman–Crippen MR) is 126 cm³/mol. The molecule has 2 aromatic carbocycles. The van der Waals surface area contributed by atoms with Crippen molar-refractivity contribution in [1.29, 1.82) is 0 Å². The molecule has 1 aliphatic carbocycles. The number of thioether (sulfide) groups is 1. The summed E-state index contributed by atoms with van der Waals surface area (Å²) in [6.07, 6.45) is 2.12. The van der Waals surface area contributed by atoms with Crippen LogP contribution >= 0.6 is 11.8 Å². The van der Waals surface area contributed by atoms with E-state index in [1.165, 1.54) is 23.9 Å². The normalized spacial score (nSPS) is 15.8. The molecular formula is C26H31F3O3S. The van der Waals surface area contributed by atoms with Crippen molar-refractivity contribution in [2.45, 2.75) is 62.9 Å². The monoisotopic (exact) mass is 480 g/mol. The van der Waals surface area contributed by atoms with Crippen molar-refractivity contribution in [2.75, 3.05) is 12.9 Å². The maximum atomic E-state index is 13.1. The standard InChI is InChI=1S/C26H31F3O3S/c1-4-5-16(2)12-22(25(30)31)19-13-21(18-8-10-20(11-9-18)26(27,28)29)24(23(14-19)33-3)32-15-17-6-7-17/h8-11,13-14,16-17,22H,4-7,12,15H2,1-3H3,(H,30,31). The van der Waals surface area contributed by atoms with Gasteiger partial charge in [0.1, 0.15) is 5.75 Å². The topological polar surface area (TPSA) is 46.5 Å². The molecule has 0 aromatic heterocycles. The number of carbonyl (C=O) groups is 1. The minimum absolute atomic E-state index is 0.245. The van der Waals surface area contributed by atoms with Crippen LogP contribution in [0, 0.1) is 11.8 Å². The molecule has 7 heteroatoms. The van der Waals surface area contributed by atoms with Crippen LogP contribution in [-0.2, 0) is 11.0 Å². The predicted octanol–water partition coefficient (Wildman–Crippen LogP) is 7.88. The van der Waals surface area contributed by atoms with E-state index in [4.69, 9.17) is 4.74 Å². The Balaban J connectivity index is 2.07. The van der Waals surface area contributed by atoms with E-state index < -0.39 is 23.6 Å². The zero-order valence-corrected chi connectivity index (χ0v) is 20.1. The summed E-state index contributed by atoms with van der Waals surface area (Å²) in [4.78, 5) is 13.0. The fraction of sp³-hybridized carbons (Fsp3) is 0.500. The van der Waals surface area contributed by atoms with E-state index in [-0.39, 0.29) is 5.92 Å². The number of hydrogen-bond acceptors (Lipinski definition) is 3. The van der Waals surface area contributed by atoms with E-state index in [2.05, 4.69) is 13.8 Å². The zero-order chi connectivity index (χ0) is 24.2. The minimum Gasteiger partial charge on any atom is -0.491 e. The lowest BCUT2D eigenvalue weighted by atomic mass is 9.86. The Morgan fingerprint density at radius 3 is 2.39 bits per heavy atom. The first-order valence-electron chi connectivity index (χ1n) is 11.4. The van der Waals surface area contributed by atoms with Crippen molar-refractivity contribution in [1.82, 2.24) is 0 Å². The second-order valence-electron chi connectivity index (χ2n) is 8.95. The Labute approximate surface area is 197 Å². The maximum Gasteiger partial charge on any atom is 0.416 e. The van der Waals surface area contributed by atoms with E-state index >= 15 is 0 Å². The number of aliphatic carboxylic acids is 1. The van der Waals surface area contributed by atoms with Crippen LogP contribution in [0.5, 0.6) is 5.75 Å². The van der Waals surface area contributed by atoms with Crippen molar-refractivity contribution in [2.24, 2.45) is 11.8 Å². The Hall–Kier alpha value is -2.15. The van der Waals surface area contributed by atoms with E-state index in [1.54, 1.807) is 6.07 Å². The average molecular weight is 481 g/mol. The van der Waals surface area contributed by atoms with E-state index in [0.29, 0.717) is 41.4 Å². The molecule has 3 rings (SSSR count). The lowest BCUT2D eigenvalue weighted by molar-refractivity contribution is -0.139. The van der Waals surface area contributed by atoms with Gasteiger partial charge in [-0.25, -0.2) is 0 Å². The van der Waals surface area contributed by atoms with E-state index in [0.717, 1.165) is 42.7 Å². The average Bonchev–Trinajstić information content (AvgIpc) is 3.59. The summed E-state index contributed by atoms with van der Waals surface area (Å²) in [6, 6.07) is 8.66. The summed E-state index contributed by atoms with van der Waals surface area (Å²) in [5.41, 5.74) is 1.16. The molecule has 0 bridgehead atoms. The molecule has 1 aliphatic rings. The molecule has 180 valence electrons. The van der Waals surface area contributed by atoms with Crippen LogP contribution in [0.3, 0.4) is 0 Å². The Kier molecular flexibility index (Phi) is 8.38. The van der Waals surface area contributed by atoms with Gasteiger partial charge in [-0.2, -0.15) is 13.2 Å². The van der Waals surface area contributed by atoms with Crippen LogP contribution in [0.25, 0.3) is 11.1 Å². The first-order chi connectivity index (χ1) is 15.6. The Bertz CT molecular complexity index is 952. The molecule has 1 N–H and O–H groups in total. The maximum absolute atomic E-state index is 13.1. The molecule has 0 amide bonds. The van der Waals surface area contributed by atoms with Gasteiger partial charge >= 0.3 is 12.1 Å². The summed E-state index contributed by atoms with van der Waals surface area (Å²) in [5, 5.41) is 9.99.